The summed E-state index contributed by atoms with van der Waals surface area (Å²) in [4.78, 5) is 14.9. The predicted molar refractivity (Wildman–Crippen MR) is 77.0 cm³/mol. The molecule has 1 aliphatic heterocycles. The molecule has 0 radical (unpaired) electrons. The summed E-state index contributed by atoms with van der Waals surface area (Å²) in [7, 11) is 0. The van der Waals surface area contributed by atoms with E-state index in [4.69, 9.17) is 5.11 Å². The molecule has 0 aromatic carbocycles. The van der Waals surface area contributed by atoms with Crippen molar-refractivity contribution in [3.63, 3.8) is 0 Å². The van der Waals surface area contributed by atoms with Crippen molar-refractivity contribution >= 4 is 22.4 Å². The van der Waals surface area contributed by atoms with Crippen molar-refractivity contribution in [2.24, 2.45) is 0 Å². The molecule has 1 aromatic heterocycles. The second-order valence-corrected chi connectivity index (χ2v) is 7.34. The highest BCUT2D eigenvalue weighted by atomic mass is 32.1. The topological polar surface area (TPSA) is 74.2 Å². The van der Waals surface area contributed by atoms with Crippen molar-refractivity contribution in [2.75, 3.05) is 5.32 Å². The van der Waals surface area contributed by atoms with Crippen molar-refractivity contribution in [3.8, 4) is 0 Å². The fraction of sp³-hybridized carbons (Fsp3) is 0.692. The van der Waals surface area contributed by atoms with E-state index < -0.39 is 5.97 Å². The highest BCUT2D eigenvalue weighted by Gasteiger charge is 2.37. The number of rotatable bonds is 3. The highest BCUT2D eigenvalue weighted by Crippen LogP contribution is 2.31. The molecule has 2 heterocycles. The molecule has 5 nitrogen and oxygen atoms in total. The first kappa shape index (κ1) is 14.3. The number of hydrogen-bond acceptors (Lipinski definition) is 5. The molecule has 0 saturated carbocycles. The van der Waals surface area contributed by atoms with Gasteiger partial charge >= 0.3 is 5.97 Å². The van der Waals surface area contributed by atoms with Crippen molar-refractivity contribution in [2.45, 2.75) is 57.7 Å². The van der Waals surface area contributed by atoms with Gasteiger partial charge in [-0.3, -0.25) is 0 Å². The standard InChI is InChI=1S/C13H21N3O2S/c1-12(2)5-8(6-13(3,4)16-12)14-11-15-9(7-19-11)10(17)18/h7-8,16H,5-6H2,1-4H3,(H,14,15)(H,17,18). The lowest BCUT2D eigenvalue weighted by Gasteiger charge is -2.46. The lowest BCUT2D eigenvalue weighted by molar-refractivity contribution is 0.0691. The third kappa shape index (κ3) is 3.67. The van der Waals surface area contributed by atoms with Crippen molar-refractivity contribution in [1.82, 2.24) is 10.3 Å². The van der Waals surface area contributed by atoms with Crippen LogP contribution in [0.4, 0.5) is 5.13 Å². The molecule has 1 aromatic rings. The number of nitrogens with one attached hydrogen (secondary N) is 2. The third-order valence-electron chi connectivity index (χ3n) is 3.24. The van der Waals surface area contributed by atoms with E-state index in [1.54, 1.807) is 5.38 Å². The molecule has 1 fully saturated rings. The minimum atomic E-state index is -0.977. The Morgan fingerprint density at radius 2 is 2.00 bits per heavy atom. The van der Waals surface area contributed by atoms with Crippen LogP contribution in [-0.2, 0) is 0 Å². The van der Waals surface area contributed by atoms with Crippen molar-refractivity contribution < 1.29 is 9.90 Å². The lowest BCUT2D eigenvalue weighted by atomic mass is 9.80. The normalized spacial score (nSPS) is 22.1. The summed E-state index contributed by atoms with van der Waals surface area (Å²) >= 11 is 1.35. The number of aromatic carboxylic acids is 1. The molecule has 0 aliphatic carbocycles. The van der Waals surface area contributed by atoms with E-state index in [0.717, 1.165) is 12.8 Å². The third-order valence-corrected chi connectivity index (χ3v) is 4.01. The van der Waals surface area contributed by atoms with Gasteiger partial charge in [0.25, 0.3) is 0 Å². The number of nitrogens with zero attached hydrogens (tertiary/aromatic N) is 1. The van der Waals surface area contributed by atoms with Gasteiger partial charge in [-0.25, -0.2) is 9.78 Å². The van der Waals surface area contributed by atoms with Gasteiger partial charge in [0.05, 0.1) is 0 Å². The van der Waals surface area contributed by atoms with Crippen LogP contribution in [0.25, 0.3) is 0 Å². The maximum Gasteiger partial charge on any atom is 0.355 e. The monoisotopic (exact) mass is 283 g/mol. The van der Waals surface area contributed by atoms with Gasteiger partial charge in [0, 0.05) is 22.5 Å². The Bertz CT molecular complexity index is 466. The Balaban J connectivity index is 2.07. The van der Waals surface area contributed by atoms with Crippen LogP contribution in [0.2, 0.25) is 0 Å². The number of carboxylic acid groups (broad SMARTS) is 1. The summed E-state index contributed by atoms with van der Waals surface area (Å²) in [6.45, 7) is 8.75. The Hall–Kier alpha value is -1.14. The van der Waals surface area contributed by atoms with Gasteiger partial charge in [0.15, 0.2) is 10.8 Å². The maximum atomic E-state index is 10.8. The maximum absolute atomic E-state index is 10.8. The first-order valence-corrected chi connectivity index (χ1v) is 7.30. The molecule has 3 N–H and O–H groups in total. The van der Waals surface area contributed by atoms with Gasteiger partial charge < -0.3 is 15.7 Å². The zero-order chi connectivity index (χ0) is 14.3. The van der Waals surface area contributed by atoms with Crippen LogP contribution in [0.1, 0.15) is 51.0 Å². The first-order chi connectivity index (χ1) is 8.67. The number of aromatic nitrogens is 1. The number of hydrogen-bond donors (Lipinski definition) is 3. The lowest BCUT2D eigenvalue weighted by Crippen LogP contribution is -2.60. The Morgan fingerprint density at radius 3 is 2.47 bits per heavy atom. The molecule has 0 spiro atoms. The van der Waals surface area contributed by atoms with E-state index in [-0.39, 0.29) is 16.8 Å². The predicted octanol–water partition coefficient (Wildman–Crippen LogP) is 2.56. The van der Waals surface area contributed by atoms with Gasteiger partial charge in [0.1, 0.15) is 0 Å². The van der Waals surface area contributed by atoms with Crippen LogP contribution in [-0.4, -0.2) is 33.2 Å². The van der Waals surface area contributed by atoms with Crippen molar-refractivity contribution in [1.29, 1.82) is 0 Å². The van der Waals surface area contributed by atoms with E-state index in [0.29, 0.717) is 11.2 Å². The second kappa shape index (κ2) is 4.76. The molecule has 1 saturated heterocycles. The molecular weight excluding hydrogens is 262 g/mol. The zero-order valence-electron chi connectivity index (χ0n) is 11.8. The van der Waals surface area contributed by atoms with Crippen LogP contribution < -0.4 is 10.6 Å². The molecule has 1 aliphatic rings. The molecule has 0 atom stereocenters. The fourth-order valence-electron chi connectivity index (χ4n) is 3.04. The molecule has 2 rings (SSSR count). The van der Waals surface area contributed by atoms with E-state index in [2.05, 4.69) is 43.3 Å². The fourth-order valence-corrected chi connectivity index (χ4v) is 3.80. The summed E-state index contributed by atoms with van der Waals surface area (Å²) in [5.41, 5.74) is 0.235. The summed E-state index contributed by atoms with van der Waals surface area (Å²) in [5.74, 6) is -0.977. The van der Waals surface area contributed by atoms with Crippen LogP contribution in [0, 0.1) is 0 Å². The summed E-state index contributed by atoms with van der Waals surface area (Å²) in [6, 6.07) is 0.305. The second-order valence-electron chi connectivity index (χ2n) is 6.49. The summed E-state index contributed by atoms with van der Waals surface area (Å²) in [6.07, 6.45) is 1.97. The molecule has 0 bridgehead atoms. The van der Waals surface area contributed by atoms with Crippen LogP contribution in [0.3, 0.4) is 0 Å². The summed E-state index contributed by atoms with van der Waals surface area (Å²) in [5, 5.41) is 18.1. The molecular formula is C13H21N3O2S. The van der Waals surface area contributed by atoms with E-state index >= 15 is 0 Å². The van der Waals surface area contributed by atoms with Crippen LogP contribution in [0.15, 0.2) is 5.38 Å². The van der Waals surface area contributed by atoms with Gasteiger partial charge in [-0.1, -0.05) is 0 Å². The number of thiazole rings is 1. The van der Waals surface area contributed by atoms with E-state index in [1.165, 1.54) is 11.3 Å². The van der Waals surface area contributed by atoms with Gasteiger partial charge in [-0.2, -0.15) is 0 Å². The molecule has 6 heteroatoms. The minimum absolute atomic E-state index is 0.0618. The quantitative estimate of drug-likeness (QED) is 0.795. The van der Waals surface area contributed by atoms with Crippen LogP contribution >= 0.6 is 11.3 Å². The van der Waals surface area contributed by atoms with E-state index in [9.17, 15) is 4.79 Å². The first-order valence-electron chi connectivity index (χ1n) is 6.42. The average Bonchev–Trinajstić information content (AvgIpc) is 2.60. The SMILES string of the molecule is CC1(C)CC(Nc2nc(C(=O)O)cs2)CC(C)(C)N1. The number of carboxylic acids is 1. The zero-order valence-corrected chi connectivity index (χ0v) is 12.6. The minimum Gasteiger partial charge on any atom is -0.476 e. The molecule has 0 unspecified atom stereocenters. The van der Waals surface area contributed by atoms with Crippen molar-refractivity contribution in [3.05, 3.63) is 11.1 Å². The average molecular weight is 283 g/mol. The van der Waals surface area contributed by atoms with Crippen LogP contribution in [0.5, 0.6) is 0 Å². The molecule has 0 amide bonds. The number of anilines is 1. The van der Waals surface area contributed by atoms with E-state index in [1.807, 2.05) is 0 Å². The number of carbonyl (C=O) groups is 1. The largest absolute Gasteiger partial charge is 0.476 e. The van der Waals surface area contributed by atoms with Gasteiger partial charge in [-0.05, 0) is 40.5 Å². The van der Waals surface area contributed by atoms with Gasteiger partial charge in [0.2, 0.25) is 0 Å². The summed E-state index contributed by atoms with van der Waals surface area (Å²) < 4.78 is 0. The molecule has 106 valence electrons. The highest BCUT2D eigenvalue weighted by molar-refractivity contribution is 7.13. The Labute approximate surface area is 117 Å². The smallest absolute Gasteiger partial charge is 0.355 e. The Morgan fingerprint density at radius 1 is 1.42 bits per heavy atom. The molecule has 19 heavy (non-hydrogen) atoms. The van der Waals surface area contributed by atoms with Gasteiger partial charge in [-0.15, -0.1) is 11.3 Å². The number of piperidine rings is 1. The Kier molecular flexibility index (Phi) is 3.57.